The molecule has 1 heterocycles. The summed E-state index contributed by atoms with van der Waals surface area (Å²) in [6.45, 7) is 0.498. The predicted octanol–water partition coefficient (Wildman–Crippen LogP) is 2.86. The average Bonchev–Trinajstić information content (AvgIpc) is 2.95. The summed E-state index contributed by atoms with van der Waals surface area (Å²) >= 11 is 0. The first-order chi connectivity index (χ1) is 10.6. The van der Waals surface area contributed by atoms with Gasteiger partial charge in [0.25, 0.3) is 0 Å². The van der Waals surface area contributed by atoms with Crippen LogP contribution in [0.25, 0.3) is 17.0 Å². The second-order valence-electron chi connectivity index (χ2n) is 4.96. The van der Waals surface area contributed by atoms with E-state index in [1.807, 2.05) is 30.3 Å². The number of fused-ring (bicyclic) bond motifs is 1. The minimum atomic E-state index is -0.265. The molecule has 0 spiro atoms. The molecule has 22 heavy (non-hydrogen) atoms. The van der Waals surface area contributed by atoms with Crippen molar-refractivity contribution < 1.29 is 18.7 Å². The number of esters is 1. The van der Waals surface area contributed by atoms with Crippen LogP contribution in [-0.2, 0) is 14.3 Å². The molecule has 1 aromatic heterocycles. The van der Waals surface area contributed by atoms with Crippen molar-refractivity contribution in [3.05, 3.63) is 42.2 Å². The zero-order valence-corrected chi connectivity index (χ0v) is 12.7. The number of hydrogen-bond donors (Lipinski definition) is 0. The molecule has 116 valence electrons. The zero-order chi connectivity index (χ0) is 15.9. The van der Waals surface area contributed by atoms with Gasteiger partial charge in [-0.15, -0.1) is 0 Å². The van der Waals surface area contributed by atoms with Gasteiger partial charge < -0.3 is 14.1 Å². The van der Waals surface area contributed by atoms with Crippen LogP contribution in [0.15, 0.2) is 40.8 Å². The molecule has 5 heteroatoms. The van der Waals surface area contributed by atoms with E-state index in [9.17, 15) is 9.59 Å². The lowest BCUT2D eigenvalue weighted by Gasteiger charge is -2.14. The maximum Gasteiger partial charge on any atom is 0.305 e. The quantitative estimate of drug-likeness (QED) is 0.608. The van der Waals surface area contributed by atoms with Crippen molar-refractivity contribution in [1.29, 1.82) is 0 Å². The third kappa shape index (κ3) is 4.22. The summed E-state index contributed by atoms with van der Waals surface area (Å²) in [5.41, 5.74) is 0.793. The van der Waals surface area contributed by atoms with Gasteiger partial charge in [0, 0.05) is 31.5 Å². The van der Waals surface area contributed by atoms with Gasteiger partial charge in [-0.3, -0.25) is 9.59 Å². The summed E-state index contributed by atoms with van der Waals surface area (Å²) in [5, 5.41) is 1.00. The molecule has 1 amide bonds. The van der Waals surface area contributed by atoms with Gasteiger partial charge in [-0.25, -0.2) is 0 Å². The van der Waals surface area contributed by atoms with Crippen LogP contribution < -0.4 is 0 Å². The lowest BCUT2D eigenvalue weighted by molar-refractivity contribution is -0.141. The number of benzene rings is 1. The molecule has 0 aliphatic carbocycles. The maximum atomic E-state index is 12.0. The van der Waals surface area contributed by atoms with Crippen molar-refractivity contribution in [2.75, 3.05) is 20.7 Å². The topological polar surface area (TPSA) is 59.8 Å². The van der Waals surface area contributed by atoms with Crippen LogP contribution in [-0.4, -0.2) is 37.5 Å². The van der Waals surface area contributed by atoms with E-state index in [0.29, 0.717) is 25.1 Å². The summed E-state index contributed by atoms with van der Waals surface area (Å²) in [6.07, 6.45) is 4.00. The molecule has 0 aliphatic heterocycles. The average molecular weight is 301 g/mol. The summed E-state index contributed by atoms with van der Waals surface area (Å²) in [5.74, 6) is 0.237. The number of para-hydroxylation sites is 1. The highest BCUT2D eigenvalue weighted by Crippen LogP contribution is 2.19. The van der Waals surface area contributed by atoms with E-state index in [2.05, 4.69) is 4.74 Å². The Morgan fingerprint density at radius 2 is 2.09 bits per heavy atom. The van der Waals surface area contributed by atoms with Crippen molar-refractivity contribution in [2.45, 2.75) is 12.8 Å². The number of carbonyl (C=O) groups excluding carboxylic acids is 2. The smallest absolute Gasteiger partial charge is 0.305 e. The zero-order valence-electron chi connectivity index (χ0n) is 12.7. The molecule has 2 rings (SSSR count). The molecular formula is C17H19NO4. The minimum absolute atomic E-state index is 0.134. The number of rotatable bonds is 6. The van der Waals surface area contributed by atoms with E-state index < -0.39 is 0 Å². The van der Waals surface area contributed by atoms with E-state index >= 15 is 0 Å². The van der Waals surface area contributed by atoms with E-state index in [4.69, 9.17) is 4.42 Å². The maximum absolute atomic E-state index is 12.0. The Balaban J connectivity index is 1.88. The van der Waals surface area contributed by atoms with Crippen LogP contribution in [0.1, 0.15) is 18.6 Å². The molecule has 0 unspecified atom stereocenters. The van der Waals surface area contributed by atoms with Gasteiger partial charge in [0.05, 0.1) is 7.11 Å². The third-order valence-corrected chi connectivity index (χ3v) is 3.31. The Morgan fingerprint density at radius 3 is 2.82 bits per heavy atom. The number of likely N-dealkylation sites (N-methyl/N-ethyl adjacent to an activating group) is 1. The molecule has 5 nitrogen and oxygen atoms in total. The lowest BCUT2D eigenvalue weighted by Crippen LogP contribution is -2.26. The molecule has 0 radical (unpaired) electrons. The van der Waals surface area contributed by atoms with E-state index in [-0.39, 0.29) is 11.9 Å². The normalized spacial score (nSPS) is 11.0. The van der Waals surface area contributed by atoms with Gasteiger partial charge in [-0.2, -0.15) is 0 Å². The number of carbonyl (C=O) groups is 2. The molecule has 0 aliphatic rings. The minimum Gasteiger partial charge on any atom is -0.469 e. The molecule has 0 saturated heterocycles. The number of amides is 1. The predicted molar refractivity (Wildman–Crippen MR) is 84.1 cm³/mol. The van der Waals surface area contributed by atoms with Crippen molar-refractivity contribution in [1.82, 2.24) is 4.90 Å². The molecule has 0 fully saturated rings. The van der Waals surface area contributed by atoms with Gasteiger partial charge >= 0.3 is 5.97 Å². The van der Waals surface area contributed by atoms with Gasteiger partial charge in [0.2, 0.25) is 5.91 Å². The van der Waals surface area contributed by atoms with Crippen LogP contribution in [0.2, 0.25) is 0 Å². The molecule has 0 bridgehead atoms. The molecule has 0 N–H and O–H groups in total. The van der Waals surface area contributed by atoms with Crippen LogP contribution in [0.4, 0.5) is 0 Å². The number of ether oxygens (including phenoxy) is 1. The number of methoxy groups -OCH3 is 1. The van der Waals surface area contributed by atoms with Crippen LogP contribution in [0, 0.1) is 0 Å². The largest absolute Gasteiger partial charge is 0.469 e. The Kier molecular flexibility index (Phi) is 5.36. The monoisotopic (exact) mass is 301 g/mol. The Bertz CT molecular complexity index is 654. The fourth-order valence-corrected chi connectivity index (χ4v) is 2.04. The van der Waals surface area contributed by atoms with E-state index in [1.54, 1.807) is 18.0 Å². The Hall–Kier alpha value is -2.56. The molecule has 0 atom stereocenters. The van der Waals surface area contributed by atoms with Gasteiger partial charge in [0.1, 0.15) is 11.3 Å². The molecule has 0 saturated carbocycles. The SMILES string of the molecule is COC(=O)CCCN(C)C(=O)/C=C/c1cc2ccccc2o1. The first-order valence-corrected chi connectivity index (χ1v) is 7.08. The van der Waals surface area contributed by atoms with Crippen molar-refractivity contribution in [2.24, 2.45) is 0 Å². The van der Waals surface area contributed by atoms with Crippen molar-refractivity contribution in [3.8, 4) is 0 Å². The van der Waals surface area contributed by atoms with Gasteiger partial charge in [0.15, 0.2) is 0 Å². The molecule has 1 aromatic carbocycles. The van der Waals surface area contributed by atoms with Crippen LogP contribution in [0.5, 0.6) is 0 Å². The van der Waals surface area contributed by atoms with Gasteiger partial charge in [-0.1, -0.05) is 18.2 Å². The lowest BCUT2D eigenvalue weighted by atomic mass is 10.2. The first kappa shape index (κ1) is 15.8. The fraction of sp³-hybridized carbons (Fsp3) is 0.294. The van der Waals surface area contributed by atoms with Crippen LogP contribution in [0.3, 0.4) is 0 Å². The highest BCUT2D eigenvalue weighted by atomic mass is 16.5. The second-order valence-corrected chi connectivity index (χ2v) is 4.96. The summed E-state index contributed by atoms with van der Waals surface area (Å²) in [4.78, 5) is 24.5. The highest BCUT2D eigenvalue weighted by molar-refractivity contribution is 5.92. The van der Waals surface area contributed by atoms with Crippen molar-refractivity contribution >= 4 is 28.9 Å². The van der Waals surface area contributed by atoms with Gasteiger partial charge in [-0.05, 0) is 24.6 Å². The number of furan rings is 1. The van der Waals surface area contributed by atoms with E-state index in [0.717, 1.165) is 11.0 Å². The Morgan fingerprint density at radius 1 is 1.32 bits per heavy atom. The standard InChI is InChI=1S/C17H19NO4/c1-18(11-5-8-17(20)21-2)16(19)10-9-14-12-13-6-3-4-7-15(13)22-14/h3-4,6-7,9-10,12H,5,8,11H2,1-2H3/b10-9+. The van der Waals surface area contributed by atoms with Crippen molar-refractivity contribution in [3.63, 3.8) is 0 Å². The summed E-state index contributed by atoms with van der Waals surface area (Å²) in [6, 6.07) is 9.56. The first-order valence-electron chi connectivity index (χ1n) is 7.08. The summed E-state index contributed by atoms with van der Waals surface area (Å²) in [7, 11) is 3.05. The van der Waals surface area contributed by atoms with E-state index in [1.165, 1.54) is 13.2 Å². The molecule has 2 aromatic rings. The number of nitrogens with zero attached hydrogens (tertiary/aromatic N) is 1. The molecular weight excluding hydrogens is 282 g/mol. The fourth-order valence-electron chi connectivity index (χ4n) is 2.04. The number of hydrogen-bond acceptors (Lipinski definition) is 4. The summed E-state index contributed by atoms with van der Waals surface area (Å²) < 4.78 is 10.2. The third-order valence-electron chi connectivity index (χ3n) is 3.31. The highest BCUT2D eigenvalue weighted by Gasteiger charge is 2.07. The second kappa shape index (κ2) is 7.45. The Labute approximate surface area is 129 Å². The van der Waals surface area contributed by atoms with Crippen LogP contribution >= 0.6 is 0 Å².